The average Bonchev–Trinajstić information content (AvgIpc) is 3.14. The van der Waals surface area contributed by atoms with Crippen molar-refractivity contribution in [3.63, 3.8) is 0 Å². The zero-order valence-electron chi connectivity index (χ0n) is 15.3. The molecule has 24 heavy (non-hydrogen) atoms. The van der Waals surface area contributed by atoms with Crippen molar-refractivity contribution in [1.82, 2.24) is 20.4 Å². The first-order valence-electron chi connectivity index (χ1n) is 9.23. The fraction of sp³-hybridized carbons (Fsp3) is 0.722. The highest BCUT2D eigenvalue weighted by atomic mass is 16.3. The Labute approximate surface area is 146 Å². The minimum Gasteiger partial charge on any atom is -0.469 e. The molecular formula is C18H33N5O. The smallest absolute Gasteiger partial charge is 0.190 e. The summed E-state index contributed by atoms with van der Waals surface area (Å²) < 4.78 is 5.33. The summed E-state index contributed by atoms with van der Waals surface area (Å²) >= 11 is 0. The number of guanidine groups is 1. The van der Waals surface area contributed by atoms with Crippen LogP contribution in [0.4, 0.5) is 0 Å². The molecule has 2 heterocycles. The second-order valence-electron chi connectivity index (χ2n) is 6.24. The number of unbranched alkanes of at least 4 members (excludes halogenated alkanes) is 1. The number of furan rings is 1. The Morgan fingerprint density at radius 2 is 1.88 bits per heavy atom. The summed E-state index contributed by atoms with van der Waals surface area (Å²) in [6.45, 7) is 11.3. The maximum absolute atomic E-state index is 5.33. The van der Waals surface area contributed by atoms with E-state index in [-0.39, 0.29) is 0 Å². The number of piperazine rings is 1. The molecular weight excluding hydrogens is 302 g/mol. The lowest BCUT2D eigenvalue weighted by molar-refractivity contribution is 0.136. The Balaban J connectivity index is 1.48. The van der Waals surface area contributed by atoms with E-state index in [2.05, 4.69) is 32.3 Å². The van der Waals surface area contributed by atoms with Crippen LogP contribution in [0, 0.1) is 0 Å². The Kier molecular flexibility index (Phi) is 8.70. The van der Waals surface area contributed by atoms with Gasteiger partial charge in [-0.2, -0.15) is 0 Å². The lowest BCUT2D eigenvalue weighted by Crippen LogP contribution is -2.46. The van der Waals surface area contributed by atoms with Gasteiger partial charge in [0.2, 0.25) is 0 Å². The SMILES string of the molecule is CCN1CCN(CCCCNC(=NC)NCCc2ccco2)CC1. The van der Waals surface area contributed by atoms with Crippen molar-refractivity contribution in [3.05, 3.63) is 24.2 Å². The molecule has 0 radical (unpaired) electrons. The van der Waals surface area contributed by atoms with Crippen LogP contribution in [0.25, 0.3) is 0 Å². The Morgan fingerprint density at radius 3 is 2.54 bits per heavy atom. The highest BCUT2D eigenvalue weighted by Gasteiger charge is 2.14. The summed E-state index contributed by atoms with van der Waals surface area (Å²) in [5.41, 5.74) is 0. The van der Waals surface area contributed by atoms with Crippen LogP contribution in [0.2, 0.25) is 0 Å². The third kappa shape index (κ3) is 6.93. The van der Waals surface area contributed by atoms with Gasteiger partial charge >= 0.3 is 0 Å². The monoisotopic (exact) mass is 335 g/mol. The van der Waals surface area contributed by atoms with Crippen LogP contribution in [0.1, 0.15) is 25.5 Å². The maximum atomic E-state index is 5.33. The number of likely N-dealkylation sites (N-methyl/N-ethyl adjacent to an activating group) is 1. The number of hydrogen-bond acceptors (Lipinski definition) is 4. The van der Waals surface area contributed by atoms with Gasteiger partial charge in [-0.3, -0.25) is 4.99 Å². The molecule has 1 aromatic rings. The number of hydrogen-bond donors (Lipinski definition) is 2. The Bertz CT molecular complexity index is 452. The summed E-state index contributed by atoms with van der Waals surface area (Å²) in [6.07, 6.45) is 5.00. The van der Waals surface area contributed by atoms with Gasteiger partial charge in [0.1, 0.15) is 5.76 Å². The number of nitrogens with zero attached hydrogens (tertiary/aromatic N) is 3. The van der Waals surface area contributed by atoms with E-state index in [1.165, 1.54) is 52.1 Å². The molecule has 0 spiro atoms. The largest absolute Gasteiger partial charge is 0.469 e. The van der Waals surface area contributed by atoms with E-state index >= 15 is 0 Å². The van der Waals surface area contributed by atoms with Crippen molar-refractivity contribution in [1.29, 1.82) is 0 Å². The third-order valence-electron chi connectivity index (χ3n) is 4.57. The molecule has 0 unspecified atom stereocenters. The molecule has 2 N–H and O–H groups in total. The number of aliphatic imine (C=N–C) groups is 1. The van der Waals surface area contributed by atoms with Gasteiger partial charge in [-0.05, 0) is 38.1 Å². The Morgan fingerprint density at radius 1 is 1.12 bits per heavy atom. The van der Waals surface area contributed by atoms with Crippen LogP contribution in [0.5, 0.6) is 0 Å². The third-order valence-corrected chi connectivity index (χ3v) is 4.57. The molecule has 0 saturated carbocycles. The predicted octanol–water partition coefficient (Wildman–Crippen LogP) is 1.40. The summed E-state index contributed by atoms with van der Waals surface area (Å²) in [5.74, 6) is 1.87. The van der Waals surface area contributed by atoms with Gasteiger partial charge in [-0.25, -0.2) is 0 Å². The first kappa shape index (κ1) is 18.8. The summed E-state index contributed by atoms with van der Waals surface area (Å²) in [7, 11) is 1.81. The van der Waals surface area contributed by atoms with Crippen molar-refractivity contribution in [2.75, 3.05) is 59.4 Å². The van der Waals surface area contributed by atoms with Gasteiger partial charge in [0.25, 0.3) is 0 Å². The molecule has 1 aliphatic rings. The molecule has 1 fully saturated rings. The van der Waals surface area contributed by atoms with Gasteiger partial charge in [-0.1, -0.05) is 6.92 Å². The zero-order chi connectivity index (χ0) is 17.0. The molecule has 0 bridgehead atoms. The van der Waals surface area contributed by atoms with E-state index in [0.717, 1.165) is 31.2 Å². The fourth-order valence-electron chi connectivity index (χ4n) is 2.98. The predicted molar refractivity (Wildman–Crippen MR) is 99.6 cm³/mol. The van der Waals surface area contributed by atoms with Gasteiger partial charge < -0.3 is 24.9 Å². The molecule has 1 aromatic heterocycles. The van der Waals surface area contributed by atoms with Gasteiger partial charge in [0.15, 0.2) is 5.96 Å². The second kappa shape index (κ2) is 11.1. The fourth-order valence-corrected chi connectivity index (χ4v) is 2.98. The van der Waals surface area contributed by atoms with E-state index in [1.54, 1.807) is 6.26 Å². The van der Waals surface area contributed by atoms with Crippen molar-refractivity contribution >= 4 is 5.96 Å². The van der Waals surface area contributed by atoms with Crippen molar-refractivity contribution in [3.8, 4) is 0 Å². The minimum absolute atomic E-state index is 0.828. The van der Waals surface area contributed by atoms with E-state index in [4.69, 9.17) is 4.42 Å². The van der Waals surface area contributed by atoms with E-state index in [1.807, 2.05) is 19.2 Å². The molecule has 136 valence electrons. The van der Waals surface area contributed by atoms with Crippen molar-refractivity contribution in [2.24, 2.45) is 4.99 Å². The first-order valence-corrected chi connectivity index (χ1v) is 9.23. The molecule has 0 atom stereocenters. The molecule has 2 rings (SSSR count). The molecule has 6 heteroatoms. The second-order valence-corrected chi connectivity index (χ2v) is 6.24. The van der Waals surface area contributed by atoms with Gasteiger partial charge in [0.05, 0.1) is 6.26 Å². The first-order chi connectivity index (χ1) is 11.8. The van der Waals surface area contributed by atoms with E-state index in [0.29, 0.717) is 0 Å². The lowest BCUT2D eigenvalue weighted by Gasteiger charge is -2.34. The summed E-state index contributed by atoms with van der Waals surface area (Å²) in [4.78, 5) is 9.37. The van der Waals surface area contributed by atoms with Crippen LogP contribution in [-0.4, -0.2) is 75.2 Å². The molecule has 1 aliphatic heterocycles. The van der Waals surface area contributed by atoms with Crippen LogP contribution in [0.15, 0.2) is 27.8 Å². The van der Waals surface area contributed by atoms with Gasteiger partial charge in [-0.15, -0.1) is 0 Å². The van der Waals surface area contributed by atoms with Crippen LogP contribution in [0.3, 0.4) is 0 Å². The van der Waals surface area contributed by atoms with Crippen LogP contribution < -0.4 is 10.6 Å². The highest BCUT2D eigenvalue weighted by molar-refractivity contribution is 5.79. The topological polar surface area (TPSA) is 56.0 Å². The molecule has 0 aromatic carbocycles. The van der Waals surface area contributed by atoms with Crippen molar-refractivity contribution < 1.29 is 4.42 Å². The van der Waals surface area contributed by atoms with Crippen LogP contribution >= 0.6 is 0 Å². The standard InChI is InChI=1S/C18H33N5O/c1-3-22-12-14-23(15-13-22)11-5-4-9-20-18(19-2)21-10-8-17-7-6-16-24-17/h6-7,16H,3-5,8-15H2,1-2H3,(H2,19,20,21). The Hall–Kier alpha value is -1.53. The van der Waals surface area contributed by atoms with Crippen molar-refractivity contribution in [2.45, 2.75) is 26.2 Å². The van der Waals surface area contributed by atoms with Gasteiger partial charge in [0, 0.05) is 52.7 Å². The molecule has 6 nitrogen and oxygen atoms in total. The molecule has 0 amide bonds. The number of rotatable bonds is 9. The van der Waals surface area contributed by atoms with Crippen LogP contribution in [-0.2, 0) is 6.42 Å². The normalized spacial score (nSPS) is 17.2. The number of nitrogens with one attached hydrogen (secondary N) is 2. The molecule has 0 aliphatic carbocycles. The zero-order valence-corrected chi connectivity index (χ0v) is 15.3. The van der Waals surface area contributed by atoms with E-state index < -0.39 is 0 Å². The summed E-state index contributed by atoms with van der Waals surface area (Å²) in [6, 6.07) is 3.92. The molecule has 1 saturated heterocycles. The minimum atomic E-state index is 0.828. The lowest BCUT2D eigenvalue weighted by atomic mass is 10.2. The highest BCUT2D eigenvalue weighted by Crippen LogP contribution is 2.03. The maximum Gasteiger partial charge on any atom is 0.190 e. The summed E-state index contributed by atoms with van der Waals surface area (Å²) in [5, 5.41) is 6.71. The quantitative estimate of drug-likeness (QED) is 0.406. The average molecular weight is 335 g/mol. The van der Waals surface area contributed by atoms with E-state index in [9.17, 15) is 0 Å².